The predicted octanol–water partition coefficient (Wildman–Crippen LogP) is 3.88. The average molecular weight is 250 g/mol. The third-order valence-corrected chi connectivity index (χ3v) is 4.68. The molecule has 3 heteroatoms. The SMILES string of the molecule is CCCC(CS)(CCC)CSCCOC. The minimum atomic E-state index is 0.463. The van der Waals surface area contributed by atoms with Crippen molar-refractivity contribution in [3.8, 4) is 0 Å². The summed E-state index contributed by atoms with van der Waals surface area (Å²) in [6, 6.07) is 0. The Labute approximate surface area is 105 Å². The van der Waals surface area contributed by atoms with Gasteiger partial charge < -0.3 is 4.74 Å². The first-order chi connectivity index (χ1) is 7.24. The third-order valence-electron chi connectivity index (χ3n) is 2.74. The van der Waals surface area contributed by atoms with Crippen LogP contribution in [0.4, 0.5) is 0 Å². The Morgan fingerprint density at radius 2 is 1.80 bits per heavy atom. The van der Waals surface area contributed by atoms with E-state index in [1.54, 1.807) is 7.11 Å². The smallest absolute Gasteiger partial charge is 0.0552 e. The molecule has 0 bridgehead atoms. The fourth-order valence-corrected chi connectivity index (χ4v) is 3.80. The second-order valence-corrected chi connectivity index (χ2v) is 5.62. The highest BCUT2D eigenvalue weighted by atomic mass is 32.2. The van der Waals surface area contributed by atoms with E-state index < -0.39 is 0 Å². The molecule has 0 aromatic heterocycles. The molecule has 0 N–H and O–H groups in total. The molecule has 0 saturated carbocycles. The summed E-state index contributed by atoms with van der Waals surface area (Å²) in [5, 5.41) is 0. The Kier molecular flexibility index (Phi) is 10.3. The van der Waals surface area contributed by atoms with E-state index in [0.29, 0.717) is 5.41 Å². The van der Waals surface area contributed by atoms with Crippen molar-refractivity contribution in [1.29, 1.82) is 0 Å². The average Bonchev–Trinajstić information content (AvgIpc) is 2.25. The maximum absolute atomic E-state index is 5.07. The minimum Gasteiger partial charge on any atom is -0.384 e. The third kappa shape index (κ3) is 6.75. The topological polar surface area (TPSA) is 9.23 Å². The Morgan fingerprint density at radius 1 is 1.20 bits per heavy atom. The Balaban J connectivity index is 3.96. The van der Waals surface area contributed by atoms with E-state index in [2.05, 4.69) is 26.5 Å². The van der Waals surface area contributed by atoms with Crippen LogP contribution >= 0.6 is 24.4 Å². The Morgan fingerprint density at radius 3 is 2.20 bits per heavy atom. The molecule has 1 nitrogen and oxygen atoms in total. The molecule has 0 fully saturated rings. The van der Waals surface area contributed by atoms with Gasteiger partial charge in [-0.3, -0.25) is 0 Å². The van der Waals surface area contributed by atoms with Gasteiger partial charge >= 0.3 is 0 Å². The van der Waals surface area contributed by atoms with Crippen LogP contribution in [0.2, 0.25) is 0 Å². The molecule has 0 aromatic carbocycles. The maximum atomic E-state index is 5.07. The Bertz CT molecular complexity index is 134. The lowest BCUT2D eigenvalue weighted by Crippen LogP contribution is -2.26. The van der Waals surface area contributed by atoms with Crippen LogP contribution in [0.1, 0.15) is 39.5 Å². The van der Waals surface area contributed by atoms with E-state index >= 15 is 0 Å². The summed E-state index contributed by atoms with van der Waals surface area (Å²) in [6.07, 6.45) is 5.16. The molecule has 0 aromatic rings. The van der Waals surface area contributed by atoms with Gasteiger partial charge in [-0.2, -0.15) is 24.4 Å². The first kappa shape index (κ1) is 15.7. The van der Waals surface area contributed by atoms with Crippen molar-refractivity contribution < 1.29 is 4.74 Å². The van der Waals surface area contributed by atoms with Crippen LogP contribution in [0, 0.1) is 5.41 Å². The van der Waals surface area contributed by atoms with Gasteiger partial charge in [-0.1, -0.05) is 26.7 Å². The summed E-state index contributed by atoms with van der Waals surface area (Å²) in [5.41, 5.74) is 0.463. The number of hydrogen-bond donors (Lipinski definition) is 1. The lowest BCUT2D eigenvalue weighted by Gasteiger charge is -2.31. The van der Waals surface area contributed by atoms with Gasteiger partial charge in [0.1, 0.15) is 0 Å². The molecule has 0 radical (unpaired) electrons. The lowest BCUT2D eigenvalue weighted by atomic mass is 9.83. The summed E-state index contributed by atoms with van der Waals surface area (Å²) in [4.78, 5) is 0. The van der Waals surface area contributed by atoms with Gasteiger partial charge in [-0.15, -0.1) is 0 Å². The van der Waals surface area contributed by atoms with Crippen molar-refractivity contribution in [1.82, 2.24) is 0 Å². The van der Waals surface area contributed by atoms with Crippen molar-refractivity contribution >= 4 is 24.4 Å². The molecule has 0 aliphatic heterocycles. The number of rotatable bonds is 10. The zero-order valence-corrected chi connectivity index (χ0v) is 12.1. The monoisotopic (exact) mass is 250 g/mol. The molecule has 0 aliphatic carbocycles. The fraction of sp³-hybridized carbons (Fsp3) is 1.00. The van der Waals surface area contributed by atoms with Crippen LogP contribution < -0.4 is 0 Å². The quantitative estimate of drug-likeness (QED) is 0.465. The highest BCUT2D eigenvalue weighted by Crippen LogP contribution is 2.34. The molecule has 0 saturated heterocycles. The Hall–Kier alpha value is 0.660. The van der Waals surface area contributed by atoms with E-state index in [1.807, 2.05) is 11.8 Å². The minimum absolute atomic E-state index is 0.463. The van der Waals surface area contributed by atoms with Gasteiger partial charge in [-0.05, 0) is 29.8 Å². The number of thiol groups is 1. The van der Waals surface area contributed by atoms with E-state index in [-0.39, 0.29) is 0 Å². The maximum Gasteiger partial charge on any atom is 0.0552 e. The summed E-state index contributed by atoms with van der Waals surface area (Å²) >= 11 is 6.57. The van der Waals surface area contributed by atoms with Gasteiger partial charge in [0.25, 0.3) is 0 Å². The molecule has 0 spiro atoms. The second-order valence-electron chi connectivity index (χ2n) is 4.20. The van der Waals surface area contributed by atoms with Gasteiger partial charge in [0.2, 0.25) is 0 Å². The van der Waals surface area contributed by atoms with Crippen LogP contribution in [0.5, 0.6) is 0 Å². The van der Waals surface area contributed by atoms with Crippen molar-refractivity contribution in [3.63, 3.8) is 0 Å². The van der Waals surface area contributed by atoms with Gasteiger partial charge in [0.15, 0.2) is 0 Å². The van der Waals surface area contributed by atoms with Crippen molar-refractivity contribution in [3.05, 3.63) is 0 Å². The molecule has 0 aliphatic rings. The highest BCUT2D eigenvalue weighted by molar-refractivity contribution is 7.99. The first-order valence-corrected chi connectivity index (χ1v) is 7.71. The number of methoxy groups -OCH3 is 1. The van der Waals surface area contributed by atoms with Crippen molar-refractivity contribution in [2.75, 3.05) is 31.0 Å². The van der Waals surface area contributed by atoms with Gasteiger partial charge in [0, 0.05) is 12.9 Å². The largest absolute Gasteiger partial charge is 0.384 e. The number of ether oxygens (including phenoxy) is 1. The standard InChI is InChI=1S/C12H26OS2/c1-4-6-12(10-14,7-5-2)11-15-9-8-13-3/h14H,4-11H2,1-3H3. The van der Waals surface area contributed by atoms with Crippen LogP contribution in [-0.2, 0) is 4.74 Å². The van der Waals surface area contributed by atoms with Crippen LogP contribution in [0.15, 0.2) is 0 Å². The predicted molar refractivity (Wildman–Crippen MR) is 75.3 cm³/mol. The summed E-state index contributed by atoms with van der Waals surface area (Å²) in [5.74, 6) is 3.37. The van der Waals surface area contributed by atoms with E-state index in [4.69, 9.17) is 4.74 Å². The summed E-state index contributed by atoms with van der Waals surface area (Å²) in [7, 11) is 1.77. The molecule has 92 valence electrons. The van der Waals surface area contributed by atoms with E-state index in [0.717, 1.165) is 18.1 Å². The molecule has 15 heavy (non-hydrogen) atoms. The molecule has 0 atom stereocenters. The molecule has 0 amide bonds. The number of hydrogen-bond acceptors (Lipinski definition) is 3. The van der Waals surface area contributed by atoms with Crippen molar-refractivity contribution in [2.45, 2.75) is 39.5 Å². The molecule has 0 heterocycles. The molecular weight excluding hydrogens is 224 g/mol. The zero-order valence-electron chi connectivity index (χ0n) is 10.4. The molecule has 0 unspecified atom stereocenters. The van der Waals surface area contributed by atoms with Gasteiger partial charge in [0.05, 0.1) is 6.61 Å². The van der Waals surface area contributed by atoms with Crippen LogP contribution in [0.25, 0.3) is 0 Å². The zero-order chi connectivity index (χ0) is 11.6. The lowest BCUT2D eigenvalue weighted by molar-refractivity contribution is 0.218. The fourth-order valence-electron chi connectivity index (χ4n) is 1.96. The molecule has 0 rings (SSSR count). The van der Waals surface area contributed by atoms with Crippen LogP contribution in [0.3, 0.4) is 0 Å². The second kappa shape index (κ2) is 9.86. The summed E-state index contributed by atoms with van der Waals surface area (Å²) < 4.78 is 5.07. The van der Waals surface area contributed by atoms with E-state index in [9.17, 15) is 0 Å². The van der Waals surface area contributed by atoms with Crippen molar-refractivity contribution in [2.24, 2.45) is 5.41 Å². The highest BCUT2D eigenvalue weighted by Gasteiger charge is 2.26. The number of thioether (sulfide) groups is 1. The summed E-state index contributed by atoms with van der Waals surface area (Å²) in [6.45, 7) is 5.41. The van der Waals surface area contributed by atoms with Gasteiger partial charge in [-0.25, -0.2) is 0 Å². The van der Waals surface area contributed by atoms with E-state index in [1.165, 1.54) is 31.4 Å². The molecular formula is C12H26OS2. The normalized spacial score (nSPS) is 12.0. The van der Waals surface area contributed by atoms with Crippen LogP contribution in [-0.4, -0.2) is 31.0 Å². The first-order valence-electron chi connectivity index (χ1n) is 5.92.